The highest BCUT2D eigenvalue weighted by molar-refractivity contribution is 6.06. The van der Waals surface area contributed by atoms with Crippen molar-refractivity contribution >= 4 is 16.8 Å². The molecule has 0 aliphatic rings. The Morgan fingerprint density at radius 2 is 2.21 bits per heavy atom. The normalized spacial score (nSPS) is 12.1. The van der Waals surface area contributed by atoms with E-state index in [2.05, 4.69) is 11.1 Å². The van der Waals surface area contributed by atoms with Crippen molar-refractivity contribution in [2.75, 3.05) is 13.1 Å². The minimum atomic E-state index is -0.158. The number of nitrogens with zero attached hydrogens (tertiary/aromatic N) is 2. The van der Waals surface area contributed by atoms with Crippen molar-refractivity contribution in [2.45, 2.75) is 13.8 Å². The second-order valence-electron chi connectivity index (χ2n) is 4.62. The van der Waals surface area contributed by atoms with Gasteiger partial charge in [0.15, 0.2) is 0 Å². The van der Waals surface area contributed by atoms with Gasteiger partial charge in [-0.05, 0) is 19.9 Å². The molecule has 4 heteroatoms. The largest absolute Gasteiger partial charge is 0.360 e. The second-order valence-corrected chi connectivity index (χ2v) is 4.62. The molecule has 1 unspecified atom stereocenters. The minimum Gasteiger partial charge on any atom is -0.360 e. The highest BCUT2D eigenvalue weighted by Gasteiger charge is 2.19. The van der Waals surface area contributed by atoms with Crippen LogP contribution in [0.5, 0.6) is 0 Å². The maximum Gasteiger partial charge on any atom is 0.256 e. The number of para-hydroxylation sites is 1. The molecule has 0 aliphatic heterocycles. The van der Waals surface area contributed by atoms with Crippen LogP contribution in [0, 0.1) is 17.2 Å². The zero-order chi connectivity index (χ0) is 13.8. The summed E-state index contributed by atoms with van der Waals surface area (Å²) in [7, 11) is 0. The van der Waals surface area contributed by atoms with E-state index >= 15 is 0 Å². The summed E-state index contributed by atoms with van der Waals surface area (Å²) < 4.78 is 0. The molecule has 1 aromatic heterocycles. The van der Waals surface area contributed by atoms with Crippen molar-refractivity contribution in [3.05, 3.63) is 36.0 Å². The number of H-pyrrole nitrogens is 1. The Labute approximate surface area is 112 Å². The fraction of sp³-hybridized carbons (Fsp3) is 0.333. The van der Waals surface area contributed by atoms with E-state index in [0.29, 0.717) is 18.7 Å². The first-order chi connectivity index (χ1) is 9.17. The average molecular weight is 255 g/mol. The maximum absolute atomic E-state index is 12.5. The maximum atomic E-state index is 12.5. The number of aromatic amines is 1. The predicted octanol–water partition coefficient (Wildman–Crippen LogP) is 2.79. The number of hydrogen-bond donors (Lipinski definition) is 1. The van der Waals surface area contributed by atoms with Crippen molar-refractivity contribution in [3.8, 4) is 6.07 Å². The molecule has 2 aromatic rings. The van der Waals surface area contributed by atoms with Gasteiger partial charge in [0.1, 0.15) is 0 Å². The van der Waals surface area contributed by atoms with Gasteiger partial charge >= 0.3 is 0 Å². The predicted molar refractivity (Wildman–Crippen MR) is 74.7 cm³/mol. The lowest BCUT2D eigenvalue weighted by Crippen LogP contribution is -2.34. The molecule has 1 amide bonds. The molecule has 2 rings (SSSR count). The summed E-state index contributed by atoms with van der Waals surface area (Å²) in [6.45, 7) is 4.82. The quantitative estimate of drug-likeness (QED) is 0.913. The number of amides is 1. The Balaban J connectivity index is 2.30. The molecule has 0 spiro atoms. The molecule has 1 aromatic carbocycles. The average Bonchev–Trinajstić information content (AvgIpc) is 2.87. The van der Waals surface area contributed by atoms with E-state index in [1.54, 1.807) is 11.1 Å². The Hall–Kier alpha value is -2.28. The molecule has 98 valence electrons. The molecule has 1 heterocycles. The third-order valence-corrected chi connectivity index (χ3v) is 3.20. The molecule has 0 radical (unpaired) electrons. The van der Waals surface area contributed by atoms with Gasteiger partial charge in [0.2, 0.25) is 0 Å². The molecule has 0 saturated carbocycles. The number of benzene rings is 1. The van der Waals surface area contributed by atoms with Gasteiger partial charge in [-0.2, -0.15) is 5.26 Å². The van der Waals surface area contributed by atoms with E-state index in [9.17, 15) is 4.79 Å². The Kier molecular flexibility index (Phi) is 3.86. The van der Waals surface area contributed by atoms with Crippen LogP contribution in [0.25, 0.3) is 10.9 Å². The second kappa shape index (κ2) is 5.57. The van der Waals surface area contributed by atoms with Gasteiger partial charge in [-0.15, -0.1) is 0 Å². The number of rotatable bonds is 4. The molecule has 0 bridgehead atoms. The summed E-state index contributed by atoms with van der Waals surface area (Å²) in [6.07, 6.45) is 1.74. The molecule has 0 fully saturated rings. The lowest BCUT2D eigenvalue weighted by atomic mass is 10.1. The third-order valence-electron chi connectivity index (χ3n) is 3.20. The summed E-state index contributed by atoms with van der Waals surface area (Å²) in [5.74, 6) is -0.184. The van der Waals surface area contributed by atoms with Gasteiger partial charge in [-0.25, -0.2) is 0 Å². The number of aromatic nitrogens is 1. The first-order valence-electron chi connectivity index (χ1n) is 6.42. The SMILES string of the molecule is CCN(CC(C)C#N)C(=O)c1c[nH]c2ccccc12. The van der Waals surface area contributed by atoms with Crippen molar-refractivity contribution in [1.82, 2.24) is 9.88 Å². The van der Waals surface area contributed by atoms with Crippen molar-refractivity contribution < 1.29 is 4.79 Å². The van der Waals surface area contributed by atoms with Gasteiger partial charge < -0.3 is 9.88 Å². The lowest BCUT2D eigenvalue weighted by Gasteiger charge is -2.21. The van der Waals surface area contributed by atoms with Crippen LogP contribution in [0.1, 0.15) is 24.2 Å². The van der Waals surface area contributed by atoms with Crippen molar-refractivity contribution in [1.29, 1.82) is 5.26 Å². The van der Waals surface area contributed by atoms with Crippen LogP contribution in [-0.4, -0.2) is 28.9 Å². The highest BCUT2D eigenvalue weighted by atomic mass is 16.2. The molecular weight excluding hydrogens is 238 g/mol. The smallest absolute Gasteiger partial charge is 0.256 e. The van der Waals surface area contributed by atoms with E-state index in [0.717, 1.165) is 10.9 Å². The molecule has 0 aliphatic carbocycles. The fourth-order valence-electron chi connectivity index (χ4n) is 2.15. The van der Waals surface area contributed by atoms with Crippen LogP contribution >= 0.6 is 0 Å². The standard InChI is InChI=1S/C15H17N3O/c1-3-18(10-11(2)8-16)15(19)13-9-17-14-7-5-4-6-12(13)14/h4-7,9,11,17H,3,10H2,1-2H3. The number of nitrogens with one attached hydrogen (secondary N) is 1. The number of fused-ring (bicyclic) bond motifs is 1. The summed E-state index contributed by atoms with van der Waals surface area (Å²) in [6, 6.07) is 9.89. The van der Waals surface area contributed by atoms with Gasteiger partial charge in [-0.3, -0.25) is 4.79 Å². The summed E-state index contributed by atoms with van der Waals surface area (Å²) in [4.78, 5) is 17.3. The zero-order valence-corrected chi connectivity index (χ0v) is 11.2. The van der Waals surface area contributed by atoms with Gasteiger partial charge in [0.05, 0.1) is 17.6 Å². The molecule has 0 saturated heterocycles. The Morgan fingerprint density at radius 3 is 2.89 bits per heavy atom. The Bertz CT molecular complexity index is 624. The van der Waals surface area contributed by atoms with Crippen LogP contribution in [0.15, 0.2) is 30.5 Å². The summed E-state index contributed by atoms with van der Waals surface area (Å²) in [5, 5.41) is 9.80. The fourth-order valence-corrected chi connectivity index (χ4v) is 2.15. The number of hydrogen-bond acceptors (Lipinski definition) is 2. The van der Waals surface area contributed by atoms with E-state index in [-0.39, 0.29) is 11.8 Å². The monoisotopic (exact) mass is 255 g/mol. The van der Waals surface area contributed by atoms with E-state index in [1.165, 1.54) is 0 Å². The molecule has 1 atom stereocenters. The topological polar surface area (TPSA) is 59.9 Å². The number of carbonyl (C=O) groups is 1. The number of nitriles is 1. The molecular formula is C15H17N3O. The first-order valence-corrected chi connectivity index (χ1v) is 6.42. The van der Waals surface area contributed by atoms with Gasteiger partial charge in [-0.1, -0.05) is 18.2 Å². The van der Waals surface area contributed by atoms with E-state index < -0.39 is 0 Å². The van der Waals surface area contributed by atoms with Gasteiger partial charge in [0.25, 0.3) is 5.91 Å². The van der Waals surface area contributed by atoms with Crippen LogP contribution in [0.3, 0.4) is 0 Å². The van der Waals surface area contributed by atoms with E-state index in [4.69, 9.17) is 5.26 Å². The summed E-state index contributed by atoms with van der Waals surface area (Å²) in [5.41, 5.74) is 1.62. The zero-order valence-electron chi connectivity index (χ0n) is 11.2. The van der Waals surface area contributed by atoms with Crippen LogP contribution in [-0.2, 0) is 0 Å². The van der Waals surface area contributed by atoms with Crippen molar-refractivity contribution in [3.63, 3.8) is 0 Å². The number of carbonyl (C=O) groups excluding carboxylic acids is 1. The highest BCUT2D eigenvalue weighted by Crippen LogP contribution is 2.19. The summed E-state index contributed by atoms with van der Waals surface area (Å²) >= 11 is 0. The van der Waals surface area contributed by atoms with Crippen LogP contribution < -0.4 is 0 Å². The lowest BCUT2D eigenvalue weighted by molar-refractivity contribution is 0.0755. The third kappa shape index (κ3) is 2.60. The first kappa shape index (κ1) is 13.2. The van der Waals surface area contributed by atoms with Crippen LogP contribution in [0.4, 0.5) is 0 Å². The van der Waals surface area contributed by atoms with Gasteiger partial charge in [0, 0.05) is 30.2 Å². The van der Waals surface area contributed by atoms with Crippen LogP contribution in [0.2, 0.25) is 0 Å². The Morgan fingerprint density at radius 1 is 1.47 bits per heavy atom. The molecule has 1 N–H and O–H groups in total. The minimum absolute atomic E-state index is 0.0259. The van der Waals surface area contributed by atoms with E-state index in [1.807, 2.05) is 38.1 Å². The van der Waals surface area contributed by atoms with Crippen molar-refractivity contribution in [2.24, 2.45) is 5.92 Å². The molecule has 4 nitrogen and oxygen atoms in total. The molecule has 19 heavy (non-hydrogen) atoms.